The van der Waals surface area contributed by atoms with Crippen molar-refractivity contribution in [1.29, 1.82) is 0 Å². The molecule has 0 aliphatic carbocycles. The van der Waals surface area contributed by atoms with Crippen LogP contribution in [0.15, 0.2) is 24.3 Å². The molecule has 2 unspecified atom stereocenters. The Morgan fingerprint density at radius 3 is 2.26 bits per heavy atom. The summed E-state index contributed by atoms with van der Waals surface area (Å²) in [5, 5.41) is 0. The molecule has 19 heavy (non-hydrogen) atoms. The minimum absolute atomic E-state index is 0.0237. The second-order valence-corrected chi connectivity index (χ2v) is 5.49. The van der Waals surface area contributed by atoms with Crippen molar-refractivity contribution in [3.8, 4) is 5.75 Å². The van der Waals surface area contributed by atoms with Crippen molar-refractivity contribution in [1.82, 2.24) is 0 Å². The molecular weight excluding hydrogens is 236 g/mol. The summed E-state index contributed by atoms with van der Waals surface area (Å²) in [6.07, 6.45) is 9.54. The van der Waals surface area contributed by atoms with Crippen LogP contribution in [0.2, 0.25) is 0 Å². The van der Waals surface area contributed by atoms with Crippen molar-refractivity contribution >= 4 is 0 Å². The molecule has 0 amide bonds. The molecule has 2 heteroatoms. The Morgan fingerprint density at radius 2 is 1.63 bits per heavy atom. The smallest absolute Gasteiger partial charge is 0.226 e. The molecule has 0 radical (unpaired) electrons. The zero-order valence-electron chi connectivity index (χ0n) is 12.2. The van der Waals surface area contributed by atoms with Crippen molar-refractivity contribution in [2.45, 2.75) is 71.2 Å². The van der Waals surface area contributed by atoms with Gasteiger partial charge < -0.3 is 9.47 Å². The summed E-state index contributed by atoms with van der Waals surface area (Å²) in [6.45, 7) is 4.29. The number of epoxide rings is 1. The molecule has 1 heterocycles. The fourth-order valence-electron chi connectivity index (χ4n) is 2.27. The molecule has 1 fully saturated rings. The zero-order valence-corrected chi connectivity index (χ0v) is 12.2. The largest absolute Gasteiger partial charge is 0.462 e. The van der Waals surface area contributed by atoms with E-state index in [0.717, 1.165) is 5.75 Å². The lowest BCUT2D eigenvalue weighted by Gasteiger charge is -2.05. The molecule has 1 aromatic carbocycles. The van der Waals surface area contributed by atoms with E-state index >= 15 is 0 Å². The molecule has 0 spiro atoms. The van der Waals surface area contributed by atoms with Gasteiger partial charge >= 0.3 is 0 Å². The van der Waals surface area contributed by atoms with Crippen LogP contribution >= 0.6 is 0 Å². The van der Waals surface area contributed by atoms with Gasteiger partial charge in [0.05, 0.1) is 0 Å². The summed E-state index contributed by atoms with van der Waals surface area (Å²) in [5.41, 5.74) is 1.41. The Hall–Kier alpha value is -1.02. The van der Waals surface area contributed by atoms with Crippen LogP contribution < -0.4 is 4.74 Å². The van der Waals surface area contributed by atoms with E-state index in [-0.39, 0.29) is 12.4 Å². The van der Waals surface area contributed by atoms with Crippen molar-refractivity contribution in [2.24, 2.45) is 0 Å². The van der Waals surface area contributed by atoms with Gasteiger partial charge in [-0.1, -0.05) is 51.2 Å². The van der Waals surface area contributed by atoms with Crippen molar-refractivity contribution in [2.75, 3.05) is 0 Å². The van der Waals surface area contributed by atoms with Crippen LogP contribution in [0.1, 0.15) is 57.9 Å². The quantitative estimate of drug-likeness (QED) is 0.475. The van der Waals surface area contributed by atoms with E-state index in [2.05, 4.69) is 31.2 Å². The lowest BCUT2D eigenvalue weighted by Crippen LogP contribution is -2.00. The number of rotatable bonds is 9. The van der Waals surface area contributed by atoms with Crippen LogP contribution in [0.3, 0.4) is 0 Å². The number of hydrogen-bond donors (Lipinski definition) is 0. The fraction of sp³-hybridized carbons (Fsp3) is 0.647. The Balaban J connectivity index is 1.61. The second-order valence-electron chi connectivity index (χ2n) is 5.49. The van der Waals surface area contributed by atoms with Gasteiger partial charge in [0.25, 0.3) is 0 Å². The third-order valence-corrected chi connectivity index (χ3v) is 3.65. The highest BCUT2D eigenvalue weighted by Crippen LogP contribution is 2.25. The number of benzene rings is 1. The Kier molecular flexibility index (Phi) is 5.71. The van der Waals surface area contributed by atoms with E-state index in [1.54, 1.807) is 0 Å². The van der Waals surface area contributed by atoms with Gasteiger partial charge in [0.1, 0.15) is 11.9 Å². The number of hydrogen-bond acceptors (Lipinski definition) is 2. The number of aryl methyl sites for hydroxylation is 1. The summed E-state index contributed by atoms with van der Waals surface area (Å²) in [4.78, 5) is 0. The first-order valence-corrected chi connectivity index (χ1v) is 7.70. The predicted octanol–water partition coefficient (Wildman–Crippen LogP) is 4.71. The van der Waals surface area contributed by atoms with Crippen LogP contribution in [-0.2, 0) is 11.2 Å². The first kappa shape index (κ1) is 14.4. The molecular formula is C17H26O2. The summed E-state index contributed by atoms with van der Waals surface area (Å²) >= 11 is 0. The molecule has 0 saturated carbocycles. The fourth-order valence-corrected chi connectivity index (χ4v) is 2.27. The molecule has 2 rings (SSSR count). The minimum atomic E-state index is -0.0237. The third kappa shape index (κ3) is 5.23. The van der Waals surface area contributed by atoms with Crippen LogP contribution in [-0.4, -0.2) is 12.4 Å². The Bertz CT molecular complexity index is 358. The number of ether oxygens (including phenoxy) is 2. The SMILES string of the molecule is CCCCCCCCc1ccc(OC2OC2C)cc1. The highest BCUT2D eigenvalue weighted by molar-refractivity contribution is 5.27. The Morgan fingerprint density at radius 1 is 1.00 bits per heavy atom. The molecule has 2 nitrogen and oxygen atoms in total. The molecule has 1 aliphatic heterocycles. The van der Waals surface area contributed by atoms with Gasteiger partial charge in [0, 0.05) is 0 Å². The maximum atomic E-state index is 5.64. The van der Waals surface area contributed by atoms with Gasteiger partial charge in [-0.15, -0.1) is 0 Å². The topological polar surface area (TPSA) is 21.8 Å². The monoisotopic (exact) mass is 262 g/mol. The first-order valence-electron chi connectivity index (χ1n) is 7.70. The first-order chi connectivity index (χ1) is 9.29. The van der Waals surface area contributed by atoms with Crippen LogP contribution in [0.5, 0.6) is 5.75 Å². The van der Waals surface area contributed by atoms with Crippen LogP contribution in [0.4, 0.5) is 0 Å². The standard InChI is InChI=1S/C17H26O2/c1-3-4-5-6-7-8-9-15-10-12-16(13-11-15)19-17-14(2)18-17/h10-14,17H,3-9H2,1-2H3. The molecule has 1 saturated heterocycles. The van der Waals surface area contributed by atoms with Crippen LogP contribution in [0.25, 0.3) is 0 Å². The van der Waals surface area contributed by atoms with Gasteiger partial charge in [0.2, 0.25) is 6.29 Å². The molecule has 0 aromatic heterocycles. The van der Waals surface area contributed by atoms with Gasteiger partial charge in [-0.05, 0) is 37.5 Å². The van der Waals surface area contributed by atoms with Crippen molar-refractivity contribution in [3.63, 3.8) is 0 Å². The lowest BCUT2D eigenvalue weighted by atomic mass is 10.0. The lowest BCUT2D eigenvalue weighted by molar-refractivity contribution is 0.178. The molecule has 2 atom stereocenters. The number of unbranched alkanes of at least 4 members (excludes halogenated alkanes) is 5. The maximum Gasteiger partial charge on any atom is 0.226 e. The van der Waals surface area contributed by atoms with Gasteiger partial charge in [-0.3, -0.25) is 0 Å². The summed E-state index contributed by atoms with van der Waals surface area (Å²) in [5.74, 6) is 0.918. The molecule has 1 aliphatic rings. The summed E-state index contributed by atoms with van der Waals surface area (Å²) in [6, 6.07) is 8.46. The average Bonchev–Trinajstić information content (AvgIpc) is 3.11. The van der Waals surface area contributed by atoms with Crippen molar-refractivity contribution < 1.29 is 9.47 Å². The van der Waals surface area contributed by atoms with Crippen molar-refractivity contribution in [3.05, 3.63) is 29.8 Å². The van der Waals surface area contributed by atoms with Gasteiger partial charge in [-0.25, -0.2) is 0 Å². The molecule has 0 N–H and O–H groups in total. The Labute approximate surface area is 117 Å². The normalized spacial score (nSPS) is 21.4. The van der Waals surface area contributed by atoms with E-state index < -0.39 is 0 Å². The molecule has 0 bridgehead atoms. The van der Waals surface area contributed by atoms with E-state index in [4.69, 9.17) is 9.47 Å². The molecule has 106 valence electrons. The zero-order chi connectivity index (χ0) is 13.5. The second kappa shape index (κ2) is 7.54. The van der Waals surface area contributed by atoms with E-state index in [9.17, 15) is 0 Å². The molecule has 1 aromatic rings. The van der Waals surface area contributed by atoms with E-state index in [0.29, 0.717) is 0 Å². The van der Waals surface area contributed by atoms with Crippen LogP contribution in [0, 0.1) is 0 Å². The summed E-state index contributed by atoms with van der Waals surface area (Å²) < 4.78 is 10.9. The summed E-state index contributed by atoms with van der Waals surface area (Å²) in [7, 11) is 0. The third-order valence-electron chi connectivity index (χ3n) is 3.65. The highest BCUT2D eigenvalue weighted by Gasteiger charge is 2.36. The van der Waals surface area contributed by atoms with Gasteiger partial charge in [-0.2, -0.15) is 0 Å². The van der Waals surface area contributed by atoms with E-state index in [1.165, 1.54) is 50.5 Å². The maximum absolute atomic E-state index is 5.64. The minimum Gasteiger partial charge on any atom is -0.462 e. The van der Waals surface area contributed by atoms with Gasteiger partial charge in [0.15, 0.2) is 0 Å². The predicted molar refractivity (Wildman–Crippen MR) is 78.5 cm³/mol. The van der Waals surface area contributed by atoms with E-state index in [1.807, 2.05) is 6.92 Å². The average molecular weight is 262 g/mol. The highest BCUT2D eigenvalue weighted by atomic mass is 16.8.